The molecule has 1 atom stereocenters. The third-order valence-electron chi connectivity index (χ3n) is 4.12. The van der Waals surface area contributed by atoms with Gasteiger partial charge >= 0.3 is 12.1 Å². The molecule has 0 aliphatic carbocycles. The van der Waals surface area contributed by atoms with Crippen LogP contribution in [0.4, 0.5) is 4.79 Å². The van der Waals surface area contributed by atoms with Gasteiger partial charge < -0.3 is 19.8 Å². The number of hydrogen-bond acceptors (Lipinski definition) is 7. The number of hydrogen-bond donors (Lipinski definition) is 2. The first-order valence-corrected chi connectivity index (χ1v) is 9.92. The number of carbonyl (C=O) groups excluding carboxylic acids is 2. The largest absolute Gasteiger partial charge is 0.456 e. The Labute approximate surface area is 170 Å². The normalized spacial score (nSPS) is 12.0. The monoisotopic (exact) mass is 415 g/mol. The molecule has 9 heteroatoms. The molecule has 0 fully saturated rings. The van der Waals surface area contributed by atoms with Crippen molar-refractivity contribution >= 4 is 33.6 Å². The van der Waals surface area contributed by atoms with E-state index in [1.807, 2.05) is 30.3 Å². The Hall–Kier alpha value is -3.20. The summed E-state index contributed by atoms with van der Waals surface area (Å²) in [4.78, 5) is 43.4. The van der Waals surface area contributed by atoms with Gasteiger partial charge in [0.1, 0.15) is 29.8 Å². The van der Waals surface area contributed by atoms with Crippen molar-refractivity contribution in [2.45, 2.75) is 33.1 Å². The van der Waals surface area contributed by atoms with Gasteiger partial charge in [-0.05, 0) is 22.9 Å². The van der Waals surface area contributed by atoms with Crippen LogP contribution in [0.25, 0.3) is 10.2 Å². The molecule has 0 bridgehead atoms. The van der Waals surface area contributed by atoms with Crippen molar-refractivity contribution in [3.63, 3.8) is 0 Å². The van der Waals surface area contributed by atoms with Crippen LogP contribution in [0.1, 0.15) is 25.2 Å². The number of H-pyrrole nitrogens is 1. The van der Waals surface area contributed by atoms with Gasteiger partial charge in [-0.25, -0.2) is 14.6 Å². The van der Waals surface area contributed by atoms with Crippen molar-refractivity contribution in [2.24, 2.45) is 5.92 Å². The smallest absolute Gasteiger partial charge is 0.408 e. The summed E-state index contributed by atoms with van der Waals surface area (Å²) < 4.78 is 10.9. The second kappa shape index (κ2) is 9.33. The van der Waals surface area contributed by atoms with E-state index in [1.54, 1.807) is 25.3 Å². The van der Waals surface area contributed by atoms with Crippen molar-refractivity contribution in [3.8, 4) is 0 Å². The van der Waals surface area contributed by atoms with E-state index in [9.17, 15) is 14.4 Å². The summed E-state index contributed by atoms with van der Waals surface area (Å²) in [5.74, 6) is -0.619. The van der Waals surface area contributed by atoms with E-state index in [-0.39, 0.29) is 30.5 Å². The van der Waals surface area contributed by atoms with Gasteiger partial charge in [-0.1, -0.05) is 44.2 Å². The van der Waals surface area contributed by atoms with Crippen LogP contribution in [0.3, 0.4) is 0 Å². The highest BCUT2D eigenvalue weighted by molar-refractivity contribution is 7.17. The number of amides is 1. The fourth-order valence-corrected chi connectivity index (χ4v) is 3.33. The van der Waals surface area contributed by atoms with Gasteiger partial charge in [0.15, 0.2) is 0 Å². The molecule has 0 saturated heterocycles. The number of ether oxygens (including phenoxy) is 2. The zero-order valence-electron chi connectivity index (χ0n) is 16.0. The Bertz CT molecular complexity index is 1040. The fraction of sp³-hybridized carbons (Fsp3) is 0.300. The molecule has 0 radical (unpaired) electrons. The van der Waals surface area contributed by atoms with Gasteiger partial charge in [0, 0.05) is 0 Å². The van der Waals surface area contributed by atoms with E-state index in [0.29, 0.717) is 10.2 Å². The maximum atomic E-state index is 12.5. The number of carbonyl (C=O) groups is 2. The average Bonchev–Trinajstić information content (AvgIpc) is 3.18. The molecule has 3 aromatic rings. The summed E-state index contributed by atoms with van der Waals surface area (Å²) >= 11 is 1.29. The van der Waals surface area contributed by atoms with Crippen LogP contribution in [0, 0.1) is 5.92 Å². The summed E-state index contributed by atoms with van der Waals surface area (Å²) in [6.07, 6.45) is -0.712. The quantitative estimate of drug-likeness (QED) is 0.574. The number of thiophene rings is 1. The van der Waals surface area contributed by atoms with Crippen molar-refractivity contribution in [1.82, 2.24) is 15.3 Å². The van der Waals surface area contributed by atoms with Gasteiger partial charge in [0.05, 0.1) is 5.52 Å². The third-order valence-corrected chi connectivity index (χ3v) is 5.02. The van der Waals surface area contributed by atoms with Crippen LogP contribution in [0.5, 0.6) is 0 Å². The lowest BCUT2D eigenvalue weighted by Crippen LogP contribution is -2.45. The molecular formula is C20H21N3O5S. The third kappa shape index (κ3) is 5.41. The summed E-state index contributed by atoms with van der Waals surface area (Å²) in [7, 11) is 0. The summed E-state index contributed by atoms with van der Waals surface area (Å²) in [6, 6.07) is 10.1. The number of aromatic amines is 1. The Morgan fingerprint density at radius 1 is 1.14 bits per heavy atom. The van der Waals surface area contributed by atoms with Crippen molar-refractivity contribution in [3.05, 3.63) is 63.5 Å². The number of nitrogens with zero attached hydrogens (tertiary/aromatic N) is 1. The molecule has 29 heavy (non-hydrogen) atoms. The van der Waals surface area contributed by atoms with Crippen LogP contribution in [-0.4, -0.2) is 28.1 Å². The van der Waals surface area contributed by atoms with Crippen LogP contribution in [-0.2, 0) is 27.5 Å². The maximum absolute atomic E-state index is 12.5. The van der Waals surface area contributed by atoms with E-state index >= 15 is 0 Å². The lowest BCUT2D eigenvalue weighted by atomic mass is 10.1. The number of benzene rings is 1. The number of rotatable bonds is 7. The first-order valence-electron chi connectivity index (χ1n) is 9.04. The minimum atomic E-state index is -0.894. The predicted molar refractivity (Wildman–Crippen MR) is 108 cm³/mol. The molecule has 0 aliphatic heterocycles. The Kier molecular flexibility index (Phi) is 6.61. The maximum Gasteiger partial charge on any atom is 0.408 e. The zero-order chi connectivity index (χ0) is 20.8. The minimum Gasteiger partial charge on any atom is -0.456 e. The van der Waals surface area contributed by atoms with Gasteiger partial charge in [-0.3, -0.25) is 4.79 Å². The summed E-state index contributed by atoms with van der Waals surface area (Å²) in [5.41, 5.74) is 1.11. The van der Waals surface area contributed by atoms with Crippen LogP contribution < -0.4 is 10.9 Å². The summed E-state index contributed by atoms with van der Waals surface area (Å²) in [5, 5.41) is 4.30. The van der Waals surface area contributed by atoms with Crippen LogP contribution in [0.15, 0.2) is 46.6 Å². The van der Waals surface area contributed by atoms with Gasteiger partial charge in [-0.15, -0.1) is 11.3 Å². The lowest BCUT2D eigenvalue weighted by Gasteiger charge is -2.20. The molecule has 152 valence electrons. The SMILES string of the molecule is CC(C)[C@@H](NC(=O)OCc1ccccc1)C(=O)OCc1nc2ccsc2c(=O)[nH]1. The zero-order valence-corrected chi connectivity index (χ0v) is 16.8. The first-order chi connectivity index (χ1) is 13.9. The molecular weight excluding hydrogens is 394 g/mol. The number of aromatic nitrogens is 2. The van der Waals surface area contributed by atoms with Crippen molar-refractivity contribution in [2.75, 3.05) is 0 Å². The molecule has 3 rings (SSSR count). The lowest BCUT2D eigenvalue weighted by molar-refractivity contribution is -0.148. The van der Waals surface area contributed by atoms with Crippen LogP contribution >= 0.6 is 11.3 Å². The predicted octanol–water partition coefficient (Wildman–Crippen LogP) is 2.98. The summed E-state index contributed by atoms with van der Waals surface area (Å²) in [6.45, 7) is 3.45. The van der Waals surface area contributed by atoms with Crippen LogP contribution in [0.2, 0.25) is 0 Å². The Morgan fingerprint density at radius 2 is 1.90 bits per heavy atom. The van der Waals surface area contributed by atoms with E-state index in [4.69, 9.17) is 9.47 Å². The number of fused-ring (bicyclic) bond motifs is 1. The second-order valence-corrected chi connectivity index (χ2v) is 7.60. The molecule has 0 unspecified atom stereocenters. The highest BCUT2D eigenvalue weighted by atomic mass is 32.1. The van der Waals surface area contributed by atoms with Gasteiger partial charge in [0.2, 0.25) is 0 Å². The van der Waals surface area contributed by atoms with E-state index < -0.39 is 18.1 Å². The molecule has 2 N–H and O–H groups in total. The van der Waals surface area contributed by atoms with E-state index in [1.165, 1.54) is 11.3 Å². The molecule has 1 amide bonds. The molecule has 1 aromatic carbocycles. The second-order valence-electron chi connectivity index (χ2n) is 6.68. The Balaban J connectivity index is 1.57. The van der Waals surface area contributed by atoms with Crippen molar-refractivity contribution in [1.29, 1.82) is 0 Å². The fourth-order valence-electron chi connectivity index (χ4n) is 2.61. The highest BCUT2D eigenvalue weighted by Gasteiger charge is 2.26. The minimum absolute atomic E-state index is 0.0956. The van der Waals surface area contributed by atoms with E-state index in [2.05, 4.69) is 15.3 Å². The standard InChI is InChI=1S/C20H21N3O5S/c1-12(2)16(23-20(26)28-10-13-6-4-3-5-7-13)19(25)27-11-15-21-14-8-9-29-17(14)18(24)22-15/h3-9,12,16H,10-11H2,1-2H3,(H,23,26)(H,21,22,24)/t16-/m1/s1. The molecule has 0 aliphatic rings. The number of esters is 1. The van der Waals surface area contributed by atoms with Gasteiger partial charge in [-0.2, -0.15) is 0 Å². The number of nitrogens with one attached hydrogen (secondary N) is 2. The highest BCUT2D eigenvalue weighted by Crippen LogP contribution is 2.14. The topological polar surface area (TPSA) is 110 Å². The molecule has 8 nitrogen and oxygen atoms in total. The van der Waals surface area contributed by atoms with E-state index in [0.717, 1.165) is 5.56 Å². The average molecular weight is 415 g/mol. The van der Waals surface area contributed by atoms with Gasteiger partial charge in [0.25, 0.3) is 5.56 Å². The first kappa shape index (κ1) is 20.5. The Morgan fingerprint density at radius 3 is 2.62 bits per heavy atom. The molecule has 0 spiro atoms. The molecule has 2 heterocycles. The molecule has 0 saturated carbocycles. The van der Waals surface area contributed by atoms with Crippen molar-refractivity contribution < 1.29 is 19.1 Å². The molecule has 2 aromatic heterocycles. The number of alkyl carbamates (subject to hydrolysis) is 1.